The normalized spacial score (nSPS) is 17.4. The molecule has 0 aliphatic carbocycles. The molecular weight excluding hydrogens is 384 g/mol. The summed E-state index contributed by atoms with van der Waals surface area (Å²) in [6, 6.07) is 11.1. The van der Waals surface area contributed by atoms with E-state index >= 15 is 0 Å². The van der Waals surface area contributed by atoms with Crippen LogP contribution in [0.25, 0.3) is 0 Å². The Balaban J connectivity index is 1.63. The summed E-state index contributed by atoms with van der Waals surface area (Å²) >= 11 is 0. The van der Waals surface area contributed by atoms with Crippen molar-refractivity contribution in [2.24, 2.45) is 0 Å². The van der Waals surface area contributed by atoms with Crippen LogP contribution in [0.1, 0.15) is 31.9 Å². The Morgan fingerprint density at radius 2 is 1.83 bits per heavy atom. The third-order valence-corrected chi connectivity index (χ3v) is 4.87. The molecule has 2 amide bonds. The molecule has 1 aliphatic rings. The fourth-order valence-electron chi connectivity index (χ4n) is 3.23. The molecule has 7 heteroatoms. The molecule has 0 radical (unpaired) electrons. The van der Waals surface area contributed by atoms with Gasteiger partial charge in [0.25, 0.3) is 17.4 Å². The zero-order valence-electron chi connectivity index (χ0n) is 17.8. The smallest absolute Gasteiger partial charge is 0.278 e. The van der Waals surface area contributed by atoms with Gasteiger partial charge in [-0.05, 0) is 69.5 Å². The maximum atomic E-state index is 12.8. The third-order valence-electron chi connectivity index (χ3n) is 4.87. The van der Waals surface area contributed by atoms with Crippen molar-refractivity contribution >= 4 is 17.5 Å². The fraction of sp³-hybridized carbons (Fsp3) is 0.391. The van der Waals surface area contributed by atoms with Gasteiger partial charge in [-0.1, -0.05) is 12.1 Å². The van der Waals surface area contributed by atoms with Gasteiger partial charge in [-0.3, -0.25) is 9.59 Å². The van der Waals surface area contributed by atoms with Crippen LogP contribution >= 0.6 is 0 Å². The van der Waals surface area contributed by atoms with Gasteiger partial charge in [0, 0.05) is 6.54 Å². The minimum absolute atomic E-state index is 0.353. The predicted molar refractivity (Wildman–Crippen MR) is 114 cm³/mol. The Labute approximate surface area is 176 Å². The largest absolute Gasteiger partial charge is 0.490 e. The van der Waals surface area contributed by atoms with Crippen LogP contribution in [0.15, 0.2) is 36.4 Å². The molecule has 0 fully saturated rings. The van der Waals surface area contributed by atoms with Crippen LogP contribution in [0.5, 0.6) is 17.2 Å². The van der Waals surface area contributed by atoms with Crippen LogP contribution in [0.3, 0.4) is 0 Å². The molecule has 0 bridgehead atoms. The lowest BCUT2D eigenvalue weighted by atomic mass is 10.0. The van der Waals surface area contributed by atoms with Gasteiger partial charge in [-0.25, -0.2) is 0 Å². The highest BCUT2D eigenvalue weighted by Gasteiger charge is 2.47. The van der Waals surface area contributed by atoms with E-state index < -0.39 is 17.4 Å². The second-order valence-electron chi connectivity index (χ2n) is 7.24. The highest BCUT2D eigenvalue weighted by molar-refractivity contribution is 6.15. The number of carbonyl (C=O) groups is 2. The molecule has 1 atom stereocenters. The van der Waals surface area contributed by atoms with Crippen molar-refractivity contribution < 1.29 is 23.8 Å². The molecule has 2 aromatic carbocycles. The van der Waals surface area contributed by atoms with E-state index in [1.165, 1.54) is 6.92 Å². The number of benzene rings is 2. The summed E-state index contributed by atoms with van der Waals surface area (Å²) in [6.45, 7) is 8.67. The maximum absolute atomic E-state index is 12.8. The third kappa shape index (κ3) is 4.50. The summed E-state index contributed by atoms with van der Waals surface area (Å²) in [6.07, 6.45) is 0.575. The van der Waals surface area contributed by atoms with Crippen molar-refractivity contribution in [1.29, 1.82) is 0 Å². The average Bonchev–Trinajstić information content (AvgIpc) is 2.71. The fourth-order valence-corrected chi connectivity index (χ4v) is 3.23. The Morgan fingerprint density at radius 3 is 2.57 bits per heavy atom. The van der Waals surface area contributed by atoms with E-state index in [1.807, 2.05) is 51.1 Å². The Kier molecular flexibility index (Phi) is 6.50. The molecule has 0 spiro atoms. The quantitative estimate of drug-likeness (QED) is 0.650. The summed E-state index contributed by atoms with van der Waals surface area (Å²) < 4.78 is 17.0. The van der Waals surface area contributed by atoms with E-state index in [-0.39, 0.29) is 0 Å². The standard InChI is InChI=1S/C23H28N2O5/c1-5-28-19-10-8-16(14-20(19)29-6-2)11-12-24-21(26)23(4)22(27)25-17-13-15(3)7-9-18(17)30-23/h7-10,13-14H,5-6,11-12H2,1-4H3,(H,24,26)(H,25,27). The number of nitrogens with one attached hydrogen (secondary N) is 2. The van der Waals surface area contributed by atoms with E-state index in [0.717, 1.165) is 11.1 Å². The molecule has 1 aliphatic heterocycles. The Hall–Kier alpha value is -3.22. The molecule has 30 heavy (non-hydrogen) atoms. The van der Waals surface area contributed by atoms with Gasteiger partial charge in [-0.2, -0.15) is 0 Å². The van der Waals surface area contributed by atoms with Gasteiger partial charge in [-0.15, -0.1) is 0 Å². The Morgan fingerprint density at radius 1 is 1.10 bits per heavy atom. The lowest BCUT2D eigenvalue weighted by Gasteiger charge is -2.33. The molecule has 3 rings (SSSR count). The first-order valence-electron chi connectivity index (χ1n) is 10.1. The zero-order chi connectivity index (χ0) is 21.7. The highest BCUT2D eigenvalue weighted by atomic mass is 16.5. The van der Waals surface area contributed by atoms with Crippen molar-refractivity contribution in [2.75, 3.05) is 25.1 Å². The minimum Gasteiger partial charge on any atom is -0.490 e. The lowest BCUT2D eigenvalue weighted by Crippen LogP contribution is -2.58. The van der Waals surface area contributed by atoms with Gasteiger partial charge in [0.05, 0.1) is 18.9 Å². The van der Waals surface area contributed by atoms with Gasteiger partial charge < -0.3 is 24.8 Å². The zero-order valence-corrected chi connectivity index (χ0v) is 17.8. The van der Waals surface area contributed by atoms with Crippen LogP contribution in [-0.4, -0.2) is 37.2 Å². The van der Waals surface area contributed by atoms with Crippen molar-refractivity contribution in [1.82, 2.24) is 5.32 Å². The van der Waals surface area contributed by atoms with Crippen LogP contribution in [0.4, 0.5) is 5.69 Å². The number of hydrogen-bond donors (Lipinski definition) is 2. The minimum atomic E-state index is -1.63. The van der Waals surface area contributed by atoms with E-state index in [4.69, 9.17) is 14.2 Å². The van der Waals surface area contributed by atoms with E-state index in [1.54, 1.807) is 6.07 Å². The lowest BCUT2D eigenvalue weighted by molar-refractivity contribution is -0.146. The molecule has 1 unspecified atom stereocenters. The Bertz CT molecular complexity index is 943. The number of rotatable bonds is 8. The first-order valence-corrected chi connectivity index (χ1v) is 10.1. The van der Waals surface area contributed by atoms with E-state index in [9.17, 15) is 9.59 Å². The number of hydrogen-bond acceptors (Lipinski definition) is 5. The maximum Gasteiger partial charge on any atom is 0.278 e. The topological polar surface area (TPSA) is 85.9 Å². The number of fused-ring (bicyclic) bond motifs is 1. The van der Waals surface area contributed by atoms with Gasteiger partial charge in [0.15, 0.2) is 11.5 Å². The molecule has 2 N–H and O–H groups in total. The van der Waals surface area contributed by atoms with Crippen molar-refractivity contribution in [3.63, 3.8) is 0 Å². The molecule has 2 aromatic rings. The summed E-state index contributed by atoms with van der Waals surface area (Å²) in [4.78, 5) is 25.3. The van der Waals surface area contributed by atoms with Crippen LogP contribution in [0, 0.1) is 6.92 Å². The van der Waals surface area contributed by atoms with Gasteiger partial charge >= 0.3 is 0 Å². The number of anilines is 1. The molecular formula is C23H28N2O5. The summed E-state index contributed by atoms with van der Waals surface area (Å²) in [5, 5.41) is 5.57. The highest BCUT2D eigenvalue weighted by Crippen LogP contribution is 2.34. The van der Waals surface area contributed by atoms with Crippen LogP contribution in [-0.2, 0) is 16.0 Å². The number of carbonyl (C=O) groups excluding carboxylic acids is 2. The van der Waals surface area contributed by atoms with E-state index in [2.05, 4.69) is 10.6 Å². The summed E-state index contributed by atoms with van der Waals surface area (Å²) in [5.74, 6) is 0.878. The van der Waals surface area contributed by atoms with Crippen molar-refractivity contribution in [3.05, 3.63) is 47.5 Å². The predicted octanol–water partition coefficient (Wildman–Crippen LogP) is 3.24. The second-order valence-corrected chi connectivity index (χ2v) is 7.24. The SMILES string of the molecule is CCOc1ccc(CCNC(=O)C2(C)Oc3ccc(C)cc3NC2=O)cc1OCC. The number of aryl methyl sites for hydroxylation is 1. The first kappa shape index (κ1) is 21.5. The average molecular weight is 412 g/mol. The number of amides is 2. The summed E-state index contributed by atoms with van der Waals surface area (Å²) in [7, 11) is 0. The van der Waals surface area contributed by atoms with Crippen LogP contribution in [0.2, 0.25) is 0 Å². The summed E-state index contributed by atoms with van der Waals surface area (Å²) in [5.41, 5.74) is 0.926. The van der Waals surface area contributed by atoms with E-state index in [0.29, 0.717) is 49.1 Å². The molecule has 0 saturated carbocycles. The van der Waals surface area contributed by atoms with Gasteiger partial charge in [0.2, 0.25) is 0 Å². The van der Waals surface area contributed by atoms with Crippen LogP contribution < -0.4 is 24.8 Å². The van der Waals surface area contributed by atoms with Gasteiger partial charge in [0.1, 0.15) is 5.75 Å². The second kappa shape index (κ2) is 9.07. The molecule has 0 aromatic heterocycles. The van der Waals surface area contributed by atoms with Crippen molar-refractivity contribution in [2.45, 2.75) is 39.7 Å². The van der Waals surface area contributed by atoms with Crippen molar-refractivity contribution in [3.8, 4) is 17.2 Å². The molecule has 0 saturated heterocycles. The monoisotopic (exact) mass is 412 g/mol. The first-order chi connectivity index (χ1) is 14.4. The molecule has 1 heterocycles. The number of ether oxygens (including phenoxy) is 3. The molecule has 7 nitrogen and oxygen atoms in total. The molecule has 160 valence electrons.